The first-order valence-corrected chi connectivity index (χ1v) is 25.5. The minimum Gasteiger partial charge on any atom is -0.465 e. The summed E-state index contributed by atoms with van der Waals surface area (Å²) in [5, 5.41) is 9.31. The predicted molar refractivity (Wildman–Crippen MR) is 246 cm³/mol. The summed E-state index contributed by atoms with van der Waals surface area (Å²) >= 11 is 0. The molecule has 0 aliphatic heterocycles. The first-order valence-electron chi connectivity index (χ1n) is 25.5. The standard InChI is InChI=1S/C51H101NO5/c1-6-10-14-18-20-26-37-48(35-24-16-12-8-3)45-56-50(54)40-30-22-28-33-47(39-32-42-52(5)43-44-53)34-29-23-31-41-51(55)57-46-49(36-25-17-13-9-4)38-27-21-19-15-11-7-2/h47-49,53H,6-46H2,1-5H3. The van der Waals surface area contributed by atoms with Crippen molar-refractivity contribution in [2.75, 3.05) is 40.0 Å². The molecule has 0 aromatic carbocycles. The van der Waals surface area contributed by atoms with Gasteiger partial charge in [-0.3, -0.25) is 9.59 Å². The molecule has 1 N–H and O–H groups in total. The number of hydrogen-bond acceptors (Lipinski definition) is 6. The molecule has 0 bridgehead atoms. The van der Waals surface area contributed by atoms with Crippen molar-refractivity contribution in [3.05, 3.63) is 0 Å². The quantitative estimate of drug-likeness (QED) is 0.0488. The third kappa shape index (κ3) is 40.1. The molecule has 0 saturated carbocycles. The molecule has 2 atom stereocenters. The maximum Gasteiger partial charge on any atom is 0.305 e. The molecular weight excluding hydrogens is 707 g/mol. The van der Waals surface area contributed by atoms with Gasteiger partial charge in [0.15, 0.2) is 0 Å². The Balaban J connectivity index is 4.59. The molecule has 340 valence electrons. The summed E-state index contributed by atoms with van der Waals surface area (Å²) < 4.78 is 11.7. The minimum absolute atomic E-state index is 0.00111. The fourth-order valence-electron chi connectivity index (χ4n) is 8.46. The van der Waals surface area contributed by atoms with Gasteiger partial charge in [0.05, 0.1) is 19.8 Å². The molecule has 0 aromatic heterocycles. The molecule has 2 unspecified atom stereocenters. The van der Waals surface area contributed by atoms with Crippen LogP contribution in [-0.4, -0.2) is 61.9 Å². The lowest BCUT2D eigenvalue weighted by Crippen LogP contribution is -2.23. The zero-order chi connectivity index (χ0) is 41.9. The van der Waals surface area contributed by atoms with Crippen LogP contribution >= 0.6 is 0 Å². The molecule has 0 saturated heterocycles. The van der Waals surface area contributed by atoms with E-state index in [4.69, 9.17) is 9.47 Å². The number of carbonyl (C=O) groups is 2. The van der Waals surface area contributed by atoms with E-state index in [1.807, 2.05) is 0 Å². The van der Waals surface area contributed by atoms with Crippen molar-refractivity contribution in [1.82, 2.24) is 4.90 Å². The summed E-state index contributed by atoms with van der Waals surface area (Å²) in [6, 6.07) is 0. The van der Waals surface area contributed by atoms with Crippen molar-refractivity contribution in [2.24, 2.45) is 17.8 Å². The van der Waals surface area contributed by atoms with Gasteiger partial charge in [-0.15, -0.1) is 0 Å². The first kappa shape index (κ1) is 55.9. The molecule has 0 rings (SSSR count). The summed E-state index contributed by atoms with van der Waals surface area (Å²) in [7, 11) is 2.09. The Labute approximate surface area is 356 Å². The van der Waals surface area contributed by atoms with Crippen LogP contribution in [0, 0.1) is 17.8 Å². The van der Waals surface area contributed by atoms with Crippen LogP contribution in [0.4, 0.5) is 0 Å². The molecule has 0 radical (unpaired) electrons. The van der Waals surface area contributed by atoms with Crippen LogP contribution in [0.2, 0.25) is 0 Å². The minimum atomic E-state index is -0.00111. The highest BCUT2D eigenvalue weighted by Gasteiger charge is 2.15. The van der Waals surface area contributed by atoms with Crippen LogP contribution < -0.4 is 0 Å². The van der Waals surface area contributed by atoms with Crippen molar-refractivity contribution in [3.63, 3.8) is 0 Å². The average molecular weight is 808 g/mol. The van der Waals surface area contributed by atoms with E-state index < -0.39 is 0 Å². The van der Waals surface area contributed by atoms with Crippen LogP contribution in [0.15, 0.2) is 0 Å². The number of nitrogens with zero attached hydrogens (tertiary/aromatic N) is 1. The van der Waals surface area contributed by atoms with Crippen molar-refractivity contribution in [3.8, 4) is 0 Å². The van der Waals surface area contributed by atoms with Gasteiger partial charge in [0.2, 0.25) is 0 Å². The number of esters is 2. The number of ether oxygens (including phenoxy) is 2. The van der Waals surface area contributed by atoms with E-state index in [0.717, 1.165) is 58.0 Å². The van der Waals surface area contributed by atoms with E-state index in [1.54, 1.807) is 0 Å². The Morgan fingerprint density at radius 2 is 0.702 bits per heavy atom. The molecule has 57 heavy (non-hydrogen) atoms. The van der Waals surface area contributed by atoms with E-state index in [-0.39, 0.29) is 18.5 Å². The lowest BCUT2D eigenvalue weighted by Gasteiger charge is -2.20. The number of rotatable bonds is 46. The van der Waals surface area contributed by atoms with Gasteiger partial charge in [-0.25, -0.2) is 0 Å². The van der Waals surface area contributed by atoms with Crippen molar-refractivity contribution >= 4 is 11.9 Å². The SMILES string of the molecule is CCCCCCCCC(CCCCCC)COC(=O)CCCCCC(CCCCCC(=O)OCC(CCCCCC)CCCCCCCC)CCCN(C)CCO. The molecule has 6 nitrogen and oxygen atoms in total. The van der Waals surface area contributed by atoms with Crippen LogP contribution in [0.3, 0.4) is 0 Å². The van der Waals surface area contributed by atoms with Gasteiger partial charge in [0.25, 0.3) is 0 Å². The monoisotopic (exact) mass is 808 g/mol. The highest BCUT2D eigenvalue weighted by molar-refractivity contribution is 5.69. The highest BCUT2D eigenvalue weighted by Crippen LogP contribution is 2.25. The second kappa shape index (κ2) is 44.4. The van der Waals surface area contributed by atoms with Crippen LogP contribution in [0.5, 0.6) is 0 Å². The Morgan fingerprint density at radius 1 is 0.404 bits per heavy atom. The lowest BCUT2D eigenvalue weighted by atomic mass is 9.90. The number of carbonyl (C=O) groups excluding carboxylic acids is 2. The third-order valence-corrected chi connectivity index (χ3v) is 12.4. The Kier molecular flexibility index (Phi) is 43.5. The van der Waals surface area contributed by atoms with Gasteiger partial charge < -0.3 is 19.5 Å². The summed E-state index contributed by atoms with van der Waals surface area (Å²) in [6.45, 7) is 12.3. The van der Waals surface area contributed by atoms with Gasteiger partial charge in [0.1, 0.15) is 0 Å². The fourth-order valence-corrected chi connectivity index (χ4v) is 8.46. The van der Waals surface area contributed by atoms with Crippen LogP contribution in [0.1, 0.15) is 259 Å². The fraction of sp³-hybridized carbons (Fsp3) is 0.961. The number of hydrogen-bond donors (Lipinski definition) is 1. The second-order valence-electron chi connectivity index (χ2n) is 18.1. The smallest absolute Gasteiger partial charge is 0.305 e. The molecule has 0 aromatic rings. The van der Waals surface area contributed by atoms with Gasteiger partial charge >= 0.3 is 11.9 Å². The van der Waals surface area contributed by atoms with Crippen molar-refractivity contribution < 1.29 is 24.2 Å². The van der Waals surface area contributed by atoms with Crippen LogP contribution in [0.25, 0.3) is 0 Å². The molecule has 0 amide bonds. The van der Waals surface area contributed by atoms with Gasteiger partial charge in [-0.2, -0.15) is 0 Å². The zero-order valence-corrected chi connectivity index (χ0v) is 39.3. The molecule has 0 spiro atoms. The number of likely N-dealkylation sites (N-methyl/N-ethyl adjacent to an activating group) is 1. The topological polar surface area (TPSA) is 76.1 Å². The van der Waals surface area contributed by atoms with E-state index in [1.165, 1.54) is 173 Å². The van der Waals surface area contributed by atoms with Crippen LogP contribution in [-0.2, 0) is 19.1 Å². The molecular formula is C51H101NO5. The normalized spacial score (nSPS) is 13.2. The largest absolute Gasteiger partial charge is 0.465 e. The zero-order valence-electron chi connectivity index (χ0n) is 39.3. The van der Waals surface area contributed by atoms with E-state index in [2.05, 4.69) is 39.6 Å². The Hall–Kier alpha value is -1.14. The Morgan fingerprint density at radius 3 is 1.07 bits per heavy atom. The predicted octanol–water partition coefficient (Wildman–Crippen LogP) is 15.0. The summed E-state index contributed by atoms with van der Waals surface area (Å²) in [6.07, 6.45) is 43.1. The molecule has 6 heteroatoms. The van der Waals surface area contributed by atoms with Gasteiger partial charge in [0, 0.05) is 19.4 Å². The summed E-state index contributed by atoms with van der Waals surface area (Å²) in [4.78, 5) is 27.7. The molecule has 0 fully saturated rings. The summed E-state index contributed by atoms with van der Waals surface area (Å²) in [5.74, 6) is 1.73. The lowest BCUT2D eigenvalue weighted by molar-refractivity contribution is -0.146. The molecule has 0 aliphatic rings. The van der Waals surface area contributed by atoms with Crippen molar-refractivity contribution in [2.45, 2.75) is 259 Å². The van der Waals surface area contributed by atoms with E-state index >= 15 is 0 Å². The average Bonchev–Trinajstić information content (AvgIpc) is 3.20. The highest BCUT2D eigenvalue weighted by atomic mass is 16.5. The summed E-state index contributed by atoms with van der Waals surface area (Å²) in [5.41, 5.74) is 0. The first-order chi connectivity index (χ1) is 27.9. The van der Waals surface area contributed by atoms with Gasteiger partial charge in [-0.1, -0.05) is 195 Å². The maximum absolute atomic E-state index is 12.7. The maximum atomic E-state index is 12.7. The molecule has 0 aliphatic carbocycles. The number of aliphatic hydroxyl groups is 1. The number of unbranched alkanes of at least 4 members (excludes halogenated alkanes) is 20. The Bertz CT molecular complexity index is 778. The van der Waals surface area contributed by atoms with Crippen molar-refractivity contribution in [1.29, 1.82) is 0 Å². The number of aliphatic hydroxyl groups excluding tert-OH is 1. The van der Waals surface area contributed by atoms with Gasteiger partial charge in [-0.05, 0) is 82.7 Å². The molecule has 0 heterocycles. The van der Waals surface area contributed by atoms with E-state index in [9.17, 15) is 14.7 Å². The third-order valence-electron chi connectivity index (χ3n) is 12.4. The van der Waals surface area contributed by atoms with E-state index in [0.29, 0.717) is 43.8 Å². The second-order valence-corrected chi connectivity index (χ2v) is 18.1.